The minimum absolute atomic E-state index is 0.209. The summed E-state index contributed by atoms with van der Waals surface area (Å²) in [5.41, 5.74) is 0. The Morgan fingerprint density at radius 2 is 2.18 bits per heavy atom. The molecule has 0 N–H and O–H groups in total. The van der Waals surface area contributed by atoms with Crippen molar-refractivity contribution in [2.24, 2.45) is 0 Å². The summed E-state index contributed by atoms with van der Waals surface area (Å²) in [6.07, 6.45) is 3.56. The predicted octanol–water partition coefficient (Wildman–Crippen LogP) is 1.99. The lowest BCUT2D eigenvalue weighted by molar-refractivity contribution is -0.123. The summed E-state index contributed by atoms with van der Waals surface area (Å²) in [6, 6.07) is 0. The lowest BCUT2D eigenvalue weighted by Crippen LogP contribution is -2.07. The number of ketones is 1. The molecule has 0 bridgehead atoms. The zero-order chi connectivity index (χ0) is 8.53. The molecule has 0 saturated heterocycles. The van der Waals surface area contributed by atoms with Gasteiger partial charge in [0, 0.05) is 13.0 Å². The Bertz CT molecular complexity index is 99.7. The maximum Gasteiger partial charge on any atom is 0.158 e. The van der Waals surface area contributed by atoms with Gasteiger partial charge in [-0.15, -0.1) is 0 Å². The molecule has 0 fully saturated rings. The largest absolute Gasteiger partial charge is 0.374 e. The summed E-state index contributed by atoms with van der Waals surface area (Å²) in [4.78, 5) is 10.9. The van der Waals surface area contributed by atoms with Gasteiger partial charge in [-0.25, -0.2) is 0 Å². The fourth-order valence-corrected chi connectivity index (χ4v) is 0.787. The Morgan fingerprint density at radius 3 is 2.73 bits per heavy atom. The Hall–Kier alpha value is -0.370. The van der Waals surface area contributed by atoms with Crippen LogP contribution in [0.3, 0.4) is 0 Å². The molecular formula is C9H17O2. The molecule has 0 aromatic heterocycles. The molecular weight excluding hydrogens is 140 g/mol. The quantitative estimate of drug-likeness (QED) is 0.528. The second kappa shape index (κ2) is 7.73. The Kier molecular flexibility index (Phi) is 7.47. The number of hydrogen-bond donors (Lipinski definition) is 0. The number of ether oxygens (including phenoxy) is 1. The summed E-state index contributed by atoms with van der Waals surface area (Å²) in [6.45, 7) is 6.51. The SMILES string of the molecule is [CH2]CCCCC(=O)COCC. The van der Waals surface area contributed by atoms with Crippen molar-refractivity contribution in [1.29, 1.82) is 0 Å². The van der Waals surface area contributed by atoms with Gasteiger partial charge in [0.25, 0.3) is 0 Å². The van der Waals surface area contributed by atoms with Crippen molar-refractivity contribution in [1.82, 2.24) is 0 Å². The first-order valence-electron chi connectivity index (χ1n) is 4.20. The average molecular weight is 157 g/mol. The van der Waals surface area contributed by atoms with E-state index in [-0.39, 0.29) is 12.4 Å². The average Bonchev–Trinajstić information content (AvgIpc) is 2.01. The Labute approximate surface area is 68.9 Å². The van der Waals surface area contributed by atoms with Crippen LogP contribution in [0, 0.1) is 6.92 Å². The van der Waals surface area contributed by atoms with Crippen LogP contribution in [-0.4, -0.2) is 19.0 Å². The lowest BCUT2D eigenvalue weighted by atomic mass is 10.1. The third-order valence-electron chi connectivity index (χ3n) is 1.42. The molecule has 2 heteroatoms. The van der Waals surface area contributed by atoms with Gasteiger partial charge in [-0.1, -0.05) is 19.8 Å². The minimum atomic E-state index is 0.209. The molecule has 0 aromatic carbocycles. The molecule has 0 aliphatic heterocycles. The summed E-state index contributed by atoms with van der Waals surface area (Å²) in [7, 11) is 0. The van der Waals surface area contributed by atoms with Gasteiger partial charge < -0.3 is 4.74 Å². The van der Waals surface area contributed by atoms with Crippen molar-refractivity contribution < 1.29 is 9.53 Å². The number of carbonyl (C=O) groups excluding carboxylic acids is 1. The van der Waals surface area contributed by atoms with E-state index < -0.39 is 0 Å². The molecule has 0 amide bonds. The van der Waals surface area contributed by atoms with Crippen molar-refractivity contribution >= 4 is 5.78 Å². The van der Waals surface area contributed by atoms with Crippen LogP contribution in [0.4, 0.5) is 0 Å². The molecule has 0 atom stereocenters. The molecule has 0 aromatic rings. The highest BCUT2D eigenvalue weighted by Gasteiger charge is 1.99. The number of Topliss-reactive ketones (excluding diaryl/α,β-unsaturated/α-hetero) is 1. The van der Waals surface area contributed by atoms with E-state index in [2.05, 4.69) is 6.92 Å². The second-order valence-corrected chi connectivity index (χ2v) is 2.49. The zero-order valence-electron chi connectivity index (χ0n) is 7.27. The molecule has 11 heavy (non-hydrogen) atoms. The second-order valence-electron chi connectivity index (χ2n) is 2.49. The van der Waals surface area contributed by atoms with E-state index >= 15 is 0 Å². The monoisotopic (exact) mass is 157 g/mol. The van der Waals surface area contributed by atoms with Gasteiger partial charge in [0.15, 0.2) is 5.78 Å². The summed E-state index contributed by atoms with van der Waals surface area (Å²) < 4.78 is 4.96. The van der Waals surface area contributed by atoms with E-state index in [1.165, 1.54) is 0 Å². The van der Waals surface area contributed by atoms with Crippen LogP contribution in [0.25, 0.3) is 0 Å². The van der Waals surface area contributed by atoms with Gasteiger partial charge in [-0.3, -0.25) is 4.79 Å². The van der Waals surface area contributed by atoms with Crippen LogP contribution < -0.4 is 0 Å². The molecule has 0 saturated carbocycles. The van der Waals surface area contributed by atoms with Crippen LogP contribution in [-0.2, 0) is 9.53 Å². The minimum Gasteiger partial charge on any atom is -0.374 e. The third kappa shape index (κ3) is 7.53. The van der Waals surface area contributed by atoms with Crippen LogP contribution in [0.2, 0.25) is 0 Å². The molecule has 0 heterocycles. The topological polar surface area (TPSA) is 26.3 Å². The van der Waals surface area contributed by atoms with Crippen LogP contribution in [0.1, 0.15) is 32.6 Å². The Balaban J connectivity index is 3.09. The van der Waals surface area contributed by atoms with E-state index in [0.29, 0.717) is 13.0 Å². The van der Waals surface area contributed by atoms with Crippen LogP contribution in [0.5, 0.6) is 0 Å². The number of carbonyl (C=O) groups is 1. The highest BCUT2D eigenvalue weighted by molar-refractivity contribution is 5.79. The summed E-state index contributed by atoms with van der Waals surface area (Å²) in [5, 5.41) is 0. The fraction of sp³-hybridized carbons (Fsp3) is 0.778. The molecule has 0 unspecified atom stereocenters. The van der Waals surface area contributed by atoms with Gasteiger partial charge in [-0.05, 0) is 13.3 Å². The third-order valence-corrected chi connectivity index (χ3v) is 1.42. The standard InChI is InChI=1S/C9H17O2/c1-3-5-6-7-9(10)8-11-4-2/h1,3-8H2,2H3. The molecule has 1 radical (unpaired) electrons. The molecule has 0 rings (SSSR count). The maximum absolute atomic E-state index is 10.9. The Morgan fingerprint density at radius 1 is 1.45 bits per heavy atom. The molecule has 0 spiro atoms. The van der Waals surface area contributed by atoms with Gasteiger partial charge in [0.05, 0.1) is 0 Å². The highest BCUT2D eigenvalue weighted by atomic mass is 16.5. The van der Waals surface area contributed by atoms with Crippen molar-refractivity contribution in [3.8, 4) is 0 Å². The van der Waals surface area contributed by atoms with Crippen molar-refractivity contribution in [2.45, 2.75) is 32.6 Å². The number of hydrogen-bond acceptors (Lipinski definition) is 2. The van der Waals surface area contributed by atoms with Gasteiger partial charge in [0.2, 0.25) is 0 Å². The van der Waals surface area contributed by atoms with Gasteiger partial charge in [-0.2, -0.15) is 0 Å². The normalized spacial score (nSPS) is 10.0. The van der Waals surface area contributed by atoms with Crippen molar-refractivity contribution in [2.75, 3.05) is 13.2 Å². The molecule has 0 aliphatic rings. The predicted molar refractivity (Wildman–Crippen MR) is 45.3 cm³/mol. The fourth-order valence-electron chi connectivity index (χ4n) is 0.787. The maximum atomic E-state index is 10.9. The van der Waals surface area contributed by atoms with Gasteiger partial charge >= 0.3 is 0 Å². The van der Waals surface area contributed by atoms with E-state index in [4.69, 9.17) is 4.74 Å². The molecule has 65 valence electrons. The van der Waals surface area contributed by atoms with E-state index in [0.717, 1.165) is 19.3 Å². The van der Waals surface area contributed by atoms with Crippen LogP contribution >= 0.6 is 0 Å². The first-order chi connectivity index (χ1) is 5.31. The summed E-state index contributed by atoms with van der Waals surface area (Å²) in [5.74, 6) is 0.209. The first-order valence-corrected chi connectivity index (χ1v) is 4.20. The first kappa shape index (κ1) is 10.6. The van der Waals surface area contributed by atoms with E-state index in [1.54, 1.807) is 0 Å². The van der Waals surface area contributed by atoms with Crippen LogP contribution in [0.15, 0.2) is 0 Å². The van der Waals surface area contributed by atoms with Crippen molar-refractivity contribution in [3.05, 3.63) is 6.92 Å². The zero-order valence-corrected chi connectivity index (χ0v) is 7.27. The molecule has 2 nitrogen and oxygen atoms in total. The van der Waals surface area contributed by atoms with Crippen molar-refractivity contribution in [3.63, 3.8) is 0 Å². The number of rotatable bonds is 7. The summed E-state index contributed by atoms with van der Waals surface area (Å²) >= 11 is 0. The molecule has 0 aliphatic carbocycles. The van der Waals surface area contributed by atoms with E-state index in [1.807, 2.05) is 6.92 Å². The lowest BCUT2D eigenvalue weighted by Gasteiger charge is -1.99. The van der Waals surface area contributed by atoms with E-state index in [9.17, 15) is 4.79 Å². The van der Waals surface area contributed by atoms with Gasteiger partial charge in [0.1, 0.15) is 6.61 Å². The number of unbranched alkanes of at least 4 members (excludes halogenated alkanes) is 2. The highest BCUT2D eigenvalue weighted by Crippen LogP contribution is 1.99. The smallest absolute Gasteiger partial charge is 0.158 e.